The van der Waals surface area contributed by atoms with Gasteiger partial charge in [0.15, 0.2) is 6.04 Å². The molecule has 1 fully saturated rings. The van der Waals surface area contributed by atoms with Crippen LogP contribution in [0.2, 0.25) is 0 Å². The molecule has 1 aromatic rings. The second-order valence-corrected chi connectivity index (χ2v) is 4.39. The molecular formula is C11H14N4O4. The Kier molecular flexibility index (Phi) is 3.50. The summed E-state index contributed by atoms with van der Waals surface area (Å²) < 4.78 is 1.45. The number of nitrogens with one attached hydrogen (secondary N) is 2. The van der Waals surface area contributed by atoms with Crippen molar-refractivity contribution in [3.63, 3.8) is 0 Å². The summed E-state index contributed by atoms with van der Waals surface area (Å²) in [7, 11) is 1.65. The van der Waals surface area contributed by atoms with Crippen LogP contribution >= 0.6 is 0 Å². The van der Waals surface area contributed by atoms with Crippen LogP contribution in [0.5, 0.6) is 0 Å². The fraction of sp³-hybridized carbons (Fsp3) is 0.455. The number of carboxylic acids is 1. The van der Waals surface area contributed by atoms with E-state index in [1.165, 1.54) is 17.1 Å². The molecule has 1 aliphatic heterocycles. The van der Waals surface area contributed by atoms with Gasteiger partial charge in [0.1, 0.15) is 6.04 Å². The fourth-order valence-electron chi connectivity index (χ4n) is 1.93. The lowest BCUT2D eigenvalue weighted by Crippen LogP contribution is -2.44. The summed E-state index contributed by atoms with van der Waals surface area (Å²) in [5.41, 5.74) is 0.382. The maximum atomic E-state index is 11.9. The quantitative estimate of drug-likeness (QED) is 0.643. The molecule has 19 heavy (non-hydrogen) atoms. The molecule has 0 saturated carbocycles. The maximum absolute atomic E-state index is 11.9. The van der Waals surface area contributed by atoms with Crippen molar-refractivity contribution in [2.75, 3.05) is 0 Å². The summed E-state index contributed by atoms with van der Waals surface area (Å²) >= 11 is 0. The average molecular weight is 266 g/mol. The molecule has 102 valence electrons. The van der Waals surface area contributed by atoms with E-state index < -0.39 is 24.0 Å². The lowest BCUT2D eigenvalue weighted by atomic mass is 10.1. The molecule has 0 bridgehead atoms. The Morgan fingerprint density at radius 1 is 1.63 bits per heavy atom. The van der Waals surface area contributed by atoms with Crippen LogP contribution in [0, 0.1) is 0 Å². The summed E-state index contributed by atoms with van der Waals surface area (Å²) in [6.45, 7) is 0. The Bertz CT molecular complexity index is 525. The standard InChI is InChI=1S/C11H14N4O4/c1-15-5-6(4-12-15)9(11(18)19)14-10(17)7-2-3-8(16)13-7/h4-5,7,9H,2-3H2,1H3,(H,13,16)(H,14,17)(H,18,19)/t7-,9?/m0/s1. The van der Waals surface area contributed by atoms with Crippen LogP contribution in [0.3, 0.4) is 0 Å². The van der Waals surface area contributed by atoms with Gasteiger partial charge in [-0.2, -0.15) is 5.10 Å². The molecule has 8 nitrogen and oxygen atoms in total. The first-order chi connectivity index (χ1) is 8.97. The van der Waals surface area contributed by atoms with Gasteiger partial charge in [-0.25, -0.2) is 4.79 Å². The zero-order valence-electron chi connectivity index (χ0n) is 10.3. The van der Waals surface area contributed by atoms with Crippen molar-refractivity contribution in [3.8, 4) is 0 Å². The molecule has 2 rings (SSSR count). The number of aromatic nitrogens is 2. The predicted octanol–water partition coefficient (Wildman–Crippen LogP) is -1.06. The van der Waals surface area contributed by atoms with Gasteiger partial charge in [-0.15, -0.1) is 0 Å². The highest BCUT2D eigenvalue weighted by molar-refractivity contribution is 5.93. The lowest BCUT2D eigenvalue weighted by Gasteiger charge is -2.16. The van der Waals surface area contributed by atoms with Crippen molar-refractivity contribution >= 4 is 17.8 Å². The van der Waals surface area contributed by atoms with Gasteiger partial charge in [0.25, 0.3) is 0 Å². The Morgan fingerprint density at radius 3 is 2.84 bits per heavy atom. The molecule has 1 saturated heterocycles. The first-order valence-corrected chi connectivity index (χ1v) is 5.78. The summed E-state index contributed by atoms with van der Waals surface area (Å²) in [5.74, 6) is -1.87. The first-order valence-electron chi connectivity index (χ1n) is 5.78. The van der Waals surface area contributed by atoms with Crippen LogP contribution in [0.1, 0.15) is 24.4 Å². The highest BCUT2D eigenvalue weighted by Crippen LogP contribution is 2.14. The highest BCUT2D eigenvalue weighted by atomic mass is 16.4. The number of hydrogen-bond donors (Lipinski definition) is 3. The number of nitrogens with zero attached hydrogens (tertiary/aromatic N) is 2. The molecule has 2 heterocycles. The van der Waals surface area contributed by atoms with E-state index in [-0.39, 0.29) is 12.3 Å². The van der Waals surface area contributed by atoms with Crippen molar-refractivity contribution in [3.05, 3.63) is 18.0 Å². The zero-order chi connectivity index (χ0) is 14.0. The third-order valence-electron chi connectivity index (χ3n) is 2.90. The molecule has 1 unspecified atom stereocenters. The summed E-state index contributed by atoms with van der Waals surface area (Å²) in [6.07, 6.45) is 3.56. The van der Waals surface area contributed by atoms with Gasteiger partial charge in [0, 0.05) is 25.2 Å². The smallest absolute Gasteiger partial charge is 0.331 e. The number of hydrogen-bond acceptors (Lipinski definition) is 4. The molecule has 8 heteroatoms. The third kappa shape index (κ3) is 2.90. The Morgan fingerprint density at radius 2 is 2.37 bits per heavy atom. The number of amides is 2. The predicted molar refractivity (Wildman–Crippen MR) is 62.9 cm³/mol. The van der Waals surface area contributed by atoms with E-state index in [4.69, 9.17) is 5.11 Å². The summed E-state index contributed by atoms with van der Waals surface area (Å²) in [6, 6.07) is -1.83. The molecule has 2 atom stereocenters. The van der Waals surface area contributed by atoms with Crippen molar-refractivity contribution in [2.24, 2.45) is 7.05 Å². The van der Waals surface area contributed by atoms with Crippen molar-refractivity contribution in [1.82, 2.24) is 20.4 Å². The molecule has 1 aliphatic rings. The summed E-state index contributed by atoms with van der Waals surface area (Å²) in [5, 5.41) is 17.9. The number of aliphatic carboxylic acids is 1. The lowest BCUT2D eigenvalue weighted by molar-refractivity contribution is -0.142. The van der Waals surface area contributed by atoms with E-state index in [0.29, 0.717) is 12.0 Å². The monoisotopic (exact) mass is 266 g/mol. The molecule has 0 aliphatic carbocycles. The molecule has 1 aromatic heterocycles. The van der Waals surface area contributed by atoms with Crippen LogP contribution in [0.15, 0.2) is 12.4 Å². The molecule has 2 amide bonds. The van der Waals surface area contributed by atoms with E-state index in [2.05, 4.69) is 15.7 Å². The van der Waals surface area contributed by atoms with E-state index in [1.807, 2.05) is 0 Å². The Hall–Kier alpha value is -2.38. The number of rotatable bonds is 4. The number of carbonyl (C=O) groups is 3. The highest BCUT2D eigenvalue weighted by Gasteiger charge is 2.31. The molecule has 0 radical (unpaired) electrons. The van der Waals surface area contributed by atoms with Gasteiger partial charge in [0.2, 0.25) is 11.8 Å². The maximum Gasteiger partial charge on any atom is 0.331 e. The molecular weight excluding hydrogens is 252 g/mol. The van der Waals surface area contributed by atoms with Gasteiger partial charge in [0.05, 0.1) is 6.20 Å². The molecule has 0 aromatic carbocycles. The van der Waals surface area contributed by atoms with Crippen LogP contribution < -0.4 is 10.6 Å². The largest absolute Gasteiger partial charge is 0.479 e. The minimum absolute atomic E-state index is 0.201. The summed E-state index contributed by atoms with van der Waals surface area (Å²) in [4.78, 5) is 34.1. The first kappa shape index (κ1) is 13.1. The molecule has 0 spiro atoms. The van der Waals surface area contributed by atoms with E-state index in [1.54, 1.807) is 7.05 Å². The topological polar surface area (TPSA) is 113 Å². The minimum atomic E-state index is -1.18. The van der Waals surface area contributed by atoms with Crippen molar-refractivity contribution in [1.29, 1.82) is 0 Å². The Labute approximate surface area is 108 Å². The minimum Gasteiger partial charge on any atom is -0.479 e. The number of carboxylic acid groups (broad SMARTS) is 1. The van der Waals surface area contributed by atoms with Crippen LogP contribution in [-0.4, -0.2) is 38.7 Å². The van der Waals surface area contributed by atoms with E-state index in [9.17, 15) is 14.4 Å². The average Bonchev–Trinajstić information content (AvgIpc) is 2.94. The van der Waals surface area contributed by atoms with Gasteiger partial charge < -0.3 is 15.7 Å². The Balaban J connectivity index is 2.07. The fourth-order valence-corrected chi connectivity index (χ4v) is 1.93. The van der Waals surface area contributed by atoms with Gasteiger partial charge >= 0.3 is 5.97 Å². The van der Waals surface area contributed by atoms with E-state index >= 15 is 0 Å². The van der Waals surface area contributed by atoms with Crippen LogP contribution in [0.4, 0.5) is 0 Å². The van der Waals surface area contributed by atoms with Crippen molar-refractivity contribution < 1.29 is 19.5 Å². The SMILES string of the molecule is Cn1cc(C(NC(=O)[C@@H]2CCC(=O)N2)C(=O)O)cn1. The van der Waals surface area contributed by atoms with Gasteiger partial charge in [-0.05, 0) is 6.42 Å². The van der Waals surface area contributed by atoms with Gasteiger partial charge in [-0.3, -0.25) is 14.3 Å². The third-order valence-corrected chi connectivity index (χ3v) is 2.90. The van der Waals surface area contributed by atoms with Crippen LogP contribution in [0.25, 0.3) is 0 Å². The van der Waals surface area contributed by atoms with Crippen molar-refractivity contribution in [2.45, 2.75) is 24.9 Å². The second-order valence-electron chi connectivity index (χ2n) is 4.39. The van der Waals surface area contributed by atoms with Crippen LogP contribution in [-0.2, 0) is 21.4 Å². The normalized spacial score (nSPS) is 19.8. The zero-order valence-corrected chi connectivity index (χ0v) is 10.3. The number of carbonyl (C=O) groups excluding carboxylic acids is 2. The molecule has 3 N–H and O–H groups in total. The number of aryl methyl sites for hydroxylation is 1. The second kappa shape index (κ2) is 5.09. The van der Waals surface area contributed by atoms with Gasteiger partial charge in [-0.1, -0.05) is 0 Å². The van der Waals surface area contributed by atoms with E-state index in [0.717, 1.165) is 0 Å².